The lowest BCUT2D eigenvalue weighted by Gasteiger charge is -2.45. The maximum atomic E-state index is 13.5. The summed E-state index contributed by atoms with van der Waals surface area (Å²) < 4.78 is 0. The van der Waals surface area contributed by atoms with E-state index in [-0.39, 0.29) is 100 Å². The third-order valence-corrected chi connectivity index (χ3v) is 20.1. The van der Waals surface area contributed by atoms with Gasteiger partial charge in [-0.15, -0.1) is 24.8 Å². The molecule has 8 rings (SSSR count). The average molecular weight is 1350 g/mol. The van der Waals surface area contributed by atoms with Crippen molar-refractivity contribution < 1.29 is 35.6 Å². The first-order chi connectivity index (χ1) is 36.8. The number of hydrogen-bond donors (Lipinski definition) is 2. The molecule has 4 aromatic rings. The van der Waals surface area contributed by atoms with Crippen LogP contribution >= 0.6 is 118 Å². The topological polar surface area (TPSA) is 228 Å². The average Bonchev–Trinajstić information content (AvgIpc) is 3.41. The van der Waals surface area contributed by atoms with Crippen LogP contribution < -0.4 is 11.5 Å². The SMILES string of the molecule is CC(C)(C(N)=O)C1CCN(CCC2(c3ccc(Cl)c(Cl)c3)CCCN(C(=O)Cc3cc(Cl)cc(Cl)c3)C2)CC1.CC(C)(C(N)=O)C1CCN(CCC2(c3ccc(Cl)c(Cl)c3)CCCN(C(=O)Cc3cc(Cl)cc(Cl)c3)C2)CC1.Cl.Cl.O.O.O. The number of carbonyl (C=O) groups is 4. The van der Waals surface area contributed by atoms with Crippen molar-refractivity contribution in [2.75, 3.05) is 65.4 Å². The van der Waals surface area contributed by atoms with E-state index in [2.05, 4.69) is 21.9 Å². The van der Waals surface area contributed by atoms with Crippen molar-refractivity contribution in [1.29, 1.82) is 0 Å². The number of likely N-dealkylation sites (tertiary alicyclic amines) is 4. The number of hydrogen-bond acceptors (Lipinski definition) is 6. The molecule has 0 aliphatic carbocycles. The van der Waals surface area contributed by atoms with E-state index in [4.69, 9.17) is 104 Å². The molecule has 464 valence electrons. The van der Waals surface area contributed by atoms with E-state index in [0.29, 0.717) is 66.4 Å². The highest BCUT2D eigenvalue weighted by atomic mass is 35.5. The fraction of sp³-hybridized carbons (Fsp3) is 0.533. The first kappa shape index (κ1) is 76.6. The van der Waals surface area contributed by atoms with Gasteiger partial charge in [0, 0.05) is 67.9 Å². The van der Waals surface area contributed by atoms with Crippen molar-refractivity contribution in [2.24, 2.45) is 34.1 Å². The smallest absolute Gasteiger partial charge is 0.227 e. The molecule has 13 nitrogen and oxygen atoms in total. The number of benzene rings is 4. The van der Waals surface area contributed by atoms with Gasteiger partial charge in [-0.1, -0.05) is 133 Å². The van der Waals surface area contributed by atoms with Crippen molar-refractivity contribution in [3.8, 4) is 0 Å². The van der Waals surface area contributed by atoms with E-state index in [9.17, 15) is 19.2 Å². The number of rotatable bonds is 16. The molecule has 10 N–H and O–H groups in total. The molecule has 2 unspecified atom stereocenters. The van der Waals surface area contributed by atoms with Gasteiger partial charge in [0.15, 0.2) is 0 Å². The standard InChI is InChI=1S/2C30H37Cl4N3O2.2ClH.3H2O/c2*1-29(2,28(35)39)21-6-11-36(12-7-21)13-9-30(22-4-5-25(33)26(34)17-22)8-3-10-37(19-30)27(38)16-20-14-23(31)18-24(32)15-20;;;;;/h2*4-5,14-15,17-18,21H,3,6-13,16,19H2,1-2H3,(H2,35,39);2*1H;3*1H2. The third-order valence-electron chi connectivity index (χ3n) is 17.8. The Morgan fingerprint density at radius 3 is 1.08 bits per heavy atom. The third kappa shape index (κ3) is 19.7. The maximum absolute atomic E-state index is 13.5. The minimum atomic E-state index is -0.495. The highest BCUT2D eigenvalue weighted by Gasteiger charge is 2.43. The normalized spacial score (nSPS) is 20.0. The molecular formula is C60H82Cl10N6O7. The van der Waals surface area contributed by atoms with Crippen LogP contribution in [0, 0.1) is 22.7 Å². The summed E-state index contributed by atoms with van der Waals surface area (Å²) in [5.74, 6) is 0.244. The number of amides is 4. The summed E-state index contributed by atoms with van der Waals surface area (Å²) in [5, 5.41) is 4.20. The van der Waals surface area contributed by atoms with Crippen LogP contribution in [-0.4, -0.2) is 125 Å². The van der Waals surface area contributed by atoms with Gasteiger partial charge >= 0.3 is 0 Å². The number of nitrogens with two attached hydrogens (primary N) is 2. The molecule has 0 bridgehead atoms. The summed E-state index contributed by atoms with van der Waals surface area (Å²) in [4.78, 5) is 59.8. The number of primary amides is 2. The molecule has 4 aliphatic rings. The number of nitrogens with zero attached hydrogens (tertiary/aromatic N) is 4. The molecular weight excluding hydrogens is 1270 g/mol. The van der Waals surface area contributed by atoms with Crippen LogP contribution in [0.15, 0.2) is 72.8 Å². The summed E-state index contributed by atoms with van der Waals surface area (Å²) in [6, 6.07) is 22.3. The molecule has 0 saturated carbocycles. The Morgan fingerprint density at radius 2 is 0.795 bits per heavy atom. The van der Waals surface area contributed by atoms with Crippen molar-refractivity contribution in [2.45, 2.75) is 116 Å². The Morgan fingerprint density at radius 1 is 0.482 bits per heavy atom. The van der Waals surface area contributed by atoms with Gasteiger partial charge in [-0.2, -0.15) is 0 Å². The van der Waals surface area contributed by atoms with Gasteiger partial charge in [-0.3, -0.25) is 19.2 Å². The molecule has 2 atom stereocenters. The maximum Gasteiger partial charge on any atom is 0.227 e. The van der Waals surface area contributed by atoms with E-state index in [1.54, 1.807) is 36.4 Å². The predicted molar refractivity (Wildman–Crippen MR) is 347 cm³/mol. The van der Waals surface area contributed by atoms with Gasteiger partial charge in [-0.05, 0) is 198 Å². The van der Waals surface area contributed by atoms with Crippen LogP contribution in [0.3, 0.4) is 0 Å². The molecule has 4 amide bonds. The van der Waals surface area contributed by atoms with Crippen molar-refractivity contribution in [3.05, 3.63) is 135 Å². The van der Waals surface area contributed by atoms with E-state index in [1.165, 1.54) is 0 Å². The Hall–Kier alpha value is -2.54. The zero-order valence-corrected chi connectivity index (χ0v) is 55.2. The van der Waals surface area contributed by atoms with Crippen molar-refractivity contribution in [1.82, 2.24) is 19.6 Å². The monoisotopic (exact) mass is 1350 g/mol. The van der Waals surface area contributed by atoms with Crippen molar-refractivity contribution in [3.63, 3.8) is 0 Å². The van der Waals surface area contributed by atoms with Crippen LogP contribution in [0.1, 0.15) is 114 Å². The van der Waals surface area contributed by atoms with Gasteiger partial charge in [0.2, 0.25) is 23.6 Å². The van der Waals surface area contributed by atoms with Gasteiger partial charge in [-0.25, -0.2) is 0 Å². The van der Waals surface area contributed by atoms with Crippen LogP contribution in [0.5, 0.6) is 0 Å². The van der Waals surface area contributed by atoms with Crippen LogP contribution in [-0.2, 0) is 42.8 Å². The molecule has 0 spiro atoms. The van der Waals surface area contributed by atoms with Crippen LogP contribution in [0.4, 0.5) is 0 Å². The molecule has 0 aromatic heterocycles. The summed E-state index contributed by atoms with van der Waals surface area (Å²) in [6.45, 7) is 16.0. The number of piperidine rings is 4. The summed E-state index contributed by atoms with van der Waals surface area (Å²) in [7, 11) is 0. The second-order valence-corrected chi connectivity index (χ2v) is 26.8. The van der Waals surface area contributed by atoms with E-state index < -0.39 is 10.8 Å². The van der Waals surface area contributed by atoms with Crippen LogP contribution in [0.25, 0.3) is 0 Å². The van der Waals surface area contributed by atoms with E-state index in [0.717, 1.165) is 126 Å². The zero-order valence-electron chi connectivity index (χ0n) is 47.6. The first-order valence-corrected chi connectivity index (χ1v) is 30.2. The number of halogens is 10. The second-order valence-electron chi connectivity index (χ2n) is 23.5. The molecule has 4 fully saturated rings. The number of carbonyl (C=O) groups excluding carboxylic acids is 4. The lowest BCUT2D eigenvalue weighted by atomic mass is 9.71. The summed E-state index contributed by atoms with van der Waals surface area (Å²) in [5.41, 5.74) is 13.7. The highest BCUT2D eigenvalue weighted by Crippen LogP contribution is 2.44. The summed E-state index contributed by atoms with van der Waals surface area (Å²) in [6.07, 6.45) is 9.79. The molecule has 4 aliphatic heterocycles. The lowest BCUT2D eigenvalue weighted by Crippen LogP contribution is -2.51. The second kappa shape index (κ2) is 33.2. The highest BCUT2D eigenvalue weighted by molar-refractivity contribution is 6.42. The van der Waals surface area contributed by atoms with E-state index in [1.807, 2.05) is 61.8 Å². The quantitative estimate of drug-likeness (QED) is 0.111. The summed E-state index contributed by atoms with van der Waals surface area (Å²) >= 11 is 50.2. The lowest BCUT2D eigenvalue weighted by molar-refractivity contribution is -0.133. The Balaban J connectivity index is 0.000000535. The molecule has 0 radical (unpaired) electrons. The fourth-order valence-corrected chi connectivity index (χ4v) is 14.2. The fourth-order valence-electron chi connectivity index (χ4n) is 12.4. The molecule has 4 aromatic carbocycles. The minimum absolute atomic E-state index is 0. The molecule has 83 heavy (non-hydrogen) atoms. The van der Waals surface area contributed by atoms with Crippen LogP contribution in [0.2, 0.25) is 40.2 Å². The molecule has 4 saturated heterocycles. The minimum Gasteiger partial charge on any atom is -0.412 e. The van der Waals surface area contributed by atoms with Gasteiger partial charge in [0.1, 0.15) is 0 Å². The van der Waals surface area contributed by atoms with Gasteiger partial charge in [0.05, 0.1) is 32.9 Å². The van der Waals surface area contributed by atoms with Crippen molar-refractivity contribution >= 4 is 141 Å². The van der Waals surface area contributed by atoms with Gasteiger partial charge < -0.3 is 47.5 Å². The molecule has 4 heterocycles. The zero-order chi connectivity index (χ0) is 56.7. The van der Waals surface area contributed by atoms with E-state index >= 15 is 0 Å². The molecule has 23 heteroatoms. The predicted octanol–water partition coefficient (Wildman–Crippen LogP) is 12.4. The Labute approximate surface area is 542 Å². The largest absolute Gasteiger partial charge is 0.412 e. The Kier molecular flexibility index (Phi) is 30.6. The Bertz CT molecular complexity index is 2590. The first-order valence-electron chi connectivity index (χ1n) is 27.2. The van der Waals surface area contributed by atoms with Gasteiger partial charge in [0.25, 0.3) is 0 Å².